The fourth-order valence-electron chi connectivity index (χ4n) is 4.29. The third kappa shape index (κ3) is 7.38. The van der Waals surface area contributed by atoms with Crippen molar-refractivity contribution in [1.29, 1.82) is 0 Å². The first-order valence-electron chi connectivity index (χ1n) is 12.1. The molecular formula is C29H33NO3. The van der Waals surface area contributed by atoms with Crippen LogP contribution in [0.3, 0.4) is 0 Å². The number of nitrogens with one attached hydrogen (secondary N) is 1. The molecule has 4 rings (SSSR count). The lowest BCUT2D eigenvalue weighted by Gasteiger charge is -2.21. The van der Waals surface area contributed by atoms with Crippen molar-refractivity contribution in [2.45, 2.75) is 44.9 Å². The topological polar surface area (TPSA) is 47.6 Å². The van der Waals surface area contributed by atoms with Gasteiger partial charge in [-0.2, -0.15) is 0 Å². The van der Waals surface area contributed by atoms with Gasteiger partial charge in [0.15, 0.2) is 0 Å². The predicted molar refractivity (Wildman–Crippen MR) is 133 cm³/mol. The molecule has 0 unspecified atom stereocenters. The first-order chi connectivity index (χ1) is 16.3. The monoisotopic (exact) mass is 443 g/mol. The van der Waals surface area contributed by atoms with Gasteiger partial charge in [0.25, 0.3) is 5.91 Å². The van der Waals surface area contributed by atoms with Crippen LogP contribution in [0.5, 0.6) is 11.5 Å². The van der Waals surface area contributed by atoms with Crippen LogP contribution < -0.4 is 14.8 Å². The highest BCUT2D eigenvalue weighted by Crippen LogP contribution is 2.26. The van der Waals surface area contributed by atoms with Gasteiger partial charge in [-0.3, -0.25) is 4.79 Å². The Morgan fingerprint density at radius 1 is 0.758 bits per heavy atom. The summed E-state index contributed by atoms with van der Waals surface area (Å²) < 4.78 is 11.7. The van der Waals surface area contributed by atoms with E-state index in [1.54, 1.807) is 12.1 Å². The van der Waals surface area contributed by atoms with E-state index in [4.69, 9.17) is 9.47 Å². The Hall–Kier alpha value is -3.27. The Morgan fingerprint density at radius 2 is 1.39 bits per heavy atom. The van der Waals surface area contributed by atoms with Crippen molar-refractivity contribution in [3.05, 3.63) is 90.0 Å². The Morgan fingerprint density at radius 3 is 2.09 bits per heavy atom. The molecule has 3 aromatic carbocycles. The standard InChI is InChI=1S/C29H33NO3/c31-29(25-11-15-27(16-12-25)32-21-19-23-7-3-1-4-8-23)30-26-13-17-28(18-14-26)33-22-20-24-9-5-2-6-10-24/h1,3-4,7-8,11-18,24H,2,5-6,9-10,19-22H2,(H,30,31). The van der Waals surface area contributed by atoms with Crippen LogP contribution in [0.2, 0.25) is 0 Å². The number of carbonyl (C=O) groups is 1. The molecule has 0 aromatic heterocycles. The lowest BCUT2D eigenvalue weighted by atomic mass is 9.87. The van der Waals surface area contributed by atoms with Gasteiger partial charge in [-0.25, -0.2) is 0 Å². The van der Waals surface area contributed by atoms with Crippen molar-refractivity contribution in [2.24, 2.45) is 5.92 Å². The Kier molecular flexibility index (Phi) is 8.40. The summed E-state index contributed by atoms with van der Waals surface area (Å²) in [5.74, 6) is 2.28. The number of amides is 1. The number of carbonyl (C=O) groups excluding carboxylic acids is 1. The van der Waals surface area contributed by atoms with Gasteiger partial charge in [-0.1, -0.05) is 62.4 Å². The van der Waals surface area contributed by atoms with Gasteiger partial charge >= 0.3 is 0 Å². The zero-order valence-electron chi connectivity index (χ0n) is 19.2. The highest BCUT2D eigenvalue weighted by Gasteiger charge is 2.13. The molecule has 0 radical (unpaired) electrons. The zero-order valence-corrected chi connectivity index (χ0v) is 19.2. The van der Waals surface area contributed by atoms with Gasteiger partial charge in [0.1, 0.15) is 11.5 Å². The van der Waals surface area contributed by atoms with Crippen LogP contribution in [0.25, 0.3) is 0 Å². The summed E-state index contributed by atoms with van der Waals surface area (Å²) in [5.41, 5.74) is 2.59. The van der Waals surface area contributed by atoms with E-state index < -0.39 is 0 Å². The van der Waals surface area contributed by atoms with E-state index in [9.17, 15) is 4.79 Å². The maximum absolute atomic E-state index is 12.6. The van der Waals surface area contributed by atoms with Gasteiger partial charge in [0.05, 0.1) is 13.2 Å². The highest BCUT2D eigenvalue weighted by atomic mass is 16.5. The summed E-state index contributed by atoms with van der Waals surface area (Å²) in [6.07, 6.45) is 8.78. The molecule has 1 amide bonds. The molecule has 4 heteroatoms. The van der Waals surface area contributed by atoms with Crippen molar-refractivity contribution in [3.8, 4) is 11.5 Å². The van der Waals surface area contributed by atoms with Gasteiger partial charge in [-0.15, -0.1) is 0 Å². The van der Waals surface area contributed by atoms with Crippen LogP contribution in [0.15, 0.2) is 78.9 Å². The summed E-state index contributed by atoms with van der Waals surface area (Å²) in [4.78, 5) is 12.6. The largest absolute Gasteiger partial charge is 0.494 e. The van der Waals surface area contributed by atoms with E-state index in [0.717, 1.165) is 42.6 Å². The van der Waals surface area contributed by atoms with Gasteiger partial charge in [0, 0.05) is 17.7 Å². The minimum atomic E-state index is -0.142. The third-order valence-electron chi connectivity index (χ3n) is 6.25. The van der Waals surface area contributed by atoms with Crippen LogP contribution in [0, 0.1) is 5.92 Å². The molecule has 1 N–H and O–H groups in total. The van der Waals surface area contributed by atoms with E-state index in [-0.39, 0.29) is 5.91 Å². The van der Waals surface area contributed by atoms with Gasteiger partial charge in [0.2, 0.25) is 0 Å². The predicted octanol–water partition coefficient (Wildman–Crippen LogP) is 6.91. The molecular weight excluding hydrogens is 410 g/mol. The Balaban J connectivity index is 1.19. The molecule has 4 nitrogen and oxygen atoms in total. The second kappa shape index (κ2) is 12.1. The molecule has 1 aliphatic carbocycles. The lowest BCUT2D eigenvalue weighted by Crippen LogP contribution is -2.12. The molecule has 0 aliphatic heterocycles. The molecule has 3 aromatic rings. The number of anilines is 1. The van der Waals surface area contributed by atoms with Crippen molar-refractivity contribution >= 4 is 11.6 Å². The van der Waals surface area contributed by atoms with Crippen LogP contribution in [-0.4, -0.2) is 19.1 Å². The average Bonchev–Trinajstić information content (AvgIpc) is 2.87. The maximum atomic E-state index is 12.6. The summed E-state index contributed by atoms with van der Waals surface area (Å²) in [6.45, 7) is 1.36. The molecule has 0 atom stereocenters. The van der Waals surface area contributed by atoms with Gasteiger partial charge in [-0.05, 0) is 66.4 Å². The first-order valence-corrected chi connectivity index (χ1v) is 12.1. The number of benzene rings is 3. The summed E-state index contributed by atoms with van der Waals surface area (Å²) in [7, 11) is 0. The first kappa shape index (κ1) is 22.9. The van der Waals surface area contributed by atoms with Gasteiger partial charge < -0.3 is 14.8 Å². The van der Waals surface area contributed by atoms with E-state index in [1.807, 2.05) is 54.6 Å². The quantitative estimate of drug-likeness (QED) is 0.370. The smallest absolute Gasteiger partial charge is 0.255 e. The second-order valence-corrected chi connectivity index (χ2v) is 8.73. The number of ether oxygens (including phenoxy) is 2. The van der Waals surface area contributed by atoms with Crippen molar-refractivity contribution < 1.29 is 14.3 Å². The van der Waals surface area contributed by atoms with Crippen molar-refractivity contribution in [2.75, 3.05) is 18.5 Å². The van der Waals surface area contributed by atoms with Crippen molar-refractivity contribution in [3.63, 3.8) is 0 Å². The van der Waals surface area contributed by atoms with Crippen LogP contribution in [-0.2, 0) is 6.42 Å². The minimum absolute atomic E-state index is 0.142. The molecule has 1 aliphatic rings. The van der Waals surface area contributed by atoms with E-state index in [2.05, 4.69) is 17.4 Å². The number of hydrogen-bond acceptors (Lipinski definition) is 3. The summed E-state index contributed by atoms with van der Waals surface area (Å²) >= 11 is 0. The highest BCUT2D eigenvalue weighted by molar-refractivity contribution is 6.04. The third-order valence-corrected chi connectivity index (χ3v) is 6.25. The minimum Gasteiger partial charge on any atom is -0.494 e. The second-order valence-electron chi connectivity index (χ2n) is 8.73. The SMILES string of the molecule is O=C(Nc1ccc(OCCC2CCCCC2)cc1)c1ccc(OCCc2ccccc2)cc1. The fourth-order valence-corrected chi connectivity index (χ4v) is 4.29. The lowest BCUT2D eigenvalue weighted by molar-refractivity contribution is 0.102. The molecule has 1 saturated carbocycles. The fraction of sp³-hybridized carbons (Fsp3) is 0.345. The zero-order chi connectivity index (χ0) is 22.7. The Bertz CT molecular complexity index is 978. The molecule has 0 heterocycles. The number of rotatable bonds is 10. The van der Waals surface area contributed by atoms with Crippen LogP contribution in [0.4, 0.5) is 5.69 Å². The van der Waals surface area contributed by atoms with E-state index in [1.165, 1.54) is 37.7 Å². The van der Waals surface area contributed by atoms with Crippen LogP contribution >= 0.6 is 0 Å². The summed E-state index contributed by atoms with van der Waals surface area (Å²) in [6, 6.07) is 25.1. The normalized spacial score (nSPS) is 13.9. The van der Waals surface area contributed by atoms with E-state index in [0.29, 0.717) is 12.2 Å². The molecule has 1 fully saturated rings. The molecule has 0 bridgehead atoms. The average molecular weight is 444 g/mol. The molecule has 0 spiro atoms. The Labute approximate surface area is 196 Å². The molecule has 33 heavy (non-hydrogen) atoms. The van der Waals surface area contributed by atoms with Crippen LogP contribution in [0.1, 0.15) is 54.4 Å². The van der Waals surface area contributed by atoms with E-state index >= 15 is 0 Å². The number of hydrogen-bond donors (Lipinski definition) is 1. The molecule has 0 saturated heterocycles. The maximum Gasteiger partial charge on any atom is 0.255 e. The molecule has 172 valence electrons. The summed E-state index contributed by atoms with van der Waals surface area (Å²) in [5, 5.41) is 2.94. The van der Waals surface area contributed by atoms with Crippen molar-refractivity contribution in [1.82, 2.24) is 0 Å².